The van der Waals surface area contributed by atoms with E-state index in [1.54, 1.807) is 10.9 Å². The Hall–Kier alpha value is -2.57. The quantitative estimate of drug-likeness (QED) is 0.724. The molecule has 106 valence electrons. The van der Waals surface area contributed by atoms with Crippen molar-refractivity contribution in [3.05, 3.63) is 41.5 Å². The number of aryl methyl sites for hydroxylation is 1. The van der Waals surface area contributed by atoms with Gasteiger partial charge < -0.3 is 16.2 Å². The van der Waals surface area contributed by atoms with Crippen molar-refractivity contribution >= 4 is 17.3 Å². The van der Waals surface area contributed by atoms with Gasteiger partial charge in [-0.1, -0.05) is 0 Å². The first-order valence-electron chi connectivity index (χ1n) is 6.02. The summed E-state index contributed by atoms with van der Waals surface area (Å²) in [5, 5.41) is 15.9. The molecule has 0 spiro atoms. The van der Waals surface area contributed by atoms with Crippen molar-refractivity contribution < 1.29 is 14.3 Å². The third-order valence-electron chi connectivity index (χ3n) is 2.79. The molecule has 0 radical (unpaired) electrons. The van der Waals surface area contributed by atoms with E-state index < -0.39 is 11.8 Å². The number of aromatic nitrogens is 2. The molecule has 7 heteroatoms. The van der Waals surface area contributed by atoms with Gasteiger partial charge in [-0.25, -0.2) is 9.18 Å². The zero-order valence-electron chi connectivity index (χ0n) is 10.9. The summed E-state index contributed by atoms with van der Waals surface area (Å²) in [5.41, 5.74) is 6.39. The molecule has 20 heavy (non-hydrogen) atoms. The summed E-state index contributed by atoms with van der Waals surface area (Å²) >= 11 is 0. The van der Waals surface area contributed by atoms with Gasteiger partial charge in [-0.2, -0.15) is 5.10 Å². The summed E-state index contributed by atoms with van der Waals surface area (Å²) in [5.74, 6) is -1.77. The van der Waals surface area contributed by atoms with Gasteiger partial charge in [0, 0.05) is 18.4 Å². The summed E-state index contributed by atoms with van der Waals surface area (Å²) in [6.45, 7) is 2.89. The van der Waals surface area contributed by atoms with Gasteiger partial charge in [-0.15, -0.1) is 0 Å². The molecule has 0 atom stereocenters. The second-order valence-corrected chi connectivity index (χ2v) is 4.43. The van der Waals surface area contributed by atoms with Crippen molar-refractivity contribution in [1.82, 2.24) is 9.78 Å². The van der Waals surface area contributed by atoms with E-state index in [2.05, 4.69) is 10.4 Å². The van der Waals surface area contributed by atoms with Crippen LogP contribution in [0.4, 0.5) is 15.8 Å². The van der Waals surface area contributed by atoms with Crippen LogP contribution in [-0.2, 0) is 6.54 Å². The van der Waals surface area contributed by atoms with Crippen LogP contribution in [0.15, 0.2) is 24.5 Å². The van der Waals surface area contributed by atoms with Gasteiger partial charge >= 0.3 is 5.97 Å². The largest absolute Gasteiger partial charge is 0.478 e. The standard InChI is InChI=1S/C13H15FN4O2/c1-8-6-17-18(7-8)3-2-16-12-4-9(13(19)20)11(15)5-10(12)14/h4-7,16H,2-3,15H2,1H3,(H,19,20). The van der Waals surface area contributed by atoms with Gasteiger partial charge in [0.2, 0.25) is 0 Å². The zero-order chi connectivity index (χ0) is 14.7. The molecule has 1 heterocycles. The highest BCUT2D eigenvalue weighted by molar-refractivity contribution is 5.94. The molecule has 0 saturated heterocycles. The fraction of sp³-hybridized carbons (Fsp3) is 0.231. The average Bonchev–Trinajstić information content (AvgIpc) is 2.77. The fourth-order valence-electron chi connectivity index (χ4n) is 1.80. The van der Waals surface area contributed by atoms with Crippen LogP contribution in [0.3, 0.4) is 0 Å². The Morgan fingerprint density at radius 2 is 2.30 bits per heavy atom. The molecule has 1 aromatic heterocycles. The Morgan fingerprint density at radius 3 is 2.90 bits per heavy atom. The Kier molecular flexibility index (Phi) is 3.88. The van der Waals surface area contributed by atoms with Crippen LogP contribution >= 0.6 is 0 Å². The number of aromatic carboxylic acids is 1. The first-order valence-corrected chi connectivity index (χ1v) is 6.02. The van der Waals surface area contributed by atoms with Crippen LogP contribution in [0.1, 0.15) is 15.9 Å². The van der Waals surface area contributed by atoms with E-state index in [1.807, 2.05) is 13.1 Å². The van der Waals surface area contributed by atoms with Gasteiger partial charge in [0.05, 0.1) is 24.0 Å². The predicted molar refractivity (Wildman–Crippen MR) is 73.2 cm³/mol. The van der Waals surface area contributed by atoms with Crippen LogP contribution in [-0.4, -0.2) is 27.4 Å². The second-order valence-electron chi connectivity index (χ2n) is 4.43. The number of anilines is 2. The normalized spacial score (nSPS) is 10.5. The smallest absolute Gasteiger partial charge is 0.337 e. The molecule has 4 N–H and O–H groups in total. The lowest BCUT2D eigenvalue weighted by molar-refractivity contribution is 0.0698. The number of carboxylic acid groups (broad SMARTS) is 1. The predicted octanol–water partition coefficient (Wildman–Crippen LogP) is 1.72. The SMILES string of the molecule is Cc1cnn(CCNc2cc(C(=O)O)c(N)cc2F)c1. The molecule has 0 unspecified atom stereocenters. The maximum absolute atomic E-state index is 13.7. The average molecular weight is 278 g/mol. The van der Waals surface area contributed by atoms with Crippen molar-refractivity contribution in [2.45, 2.75) is 13.5 Å². The van der Waals surface area contributed by atoms with Gasteiger partial charge in [-0.05, 0) is 24.6 Å². The molecule has 6 nitrogen and oxygen atoms in total. The van der Waals surface area contributed by atoms with Crippen molar-refractivity contribution in [2.24, 2.45) is 0 Å². The zero-order valence-corrected chi connectivity index (χ0v) is 10.9. The van der Waals surface area contributed by atoms with Crippen LogP contribution in [0, 0.1) is 12.7 Å². The van der Waals surface area contributed by atoms with Crippen LogP contribution in [0.5, 0.6) is 0 Å². The van der Waals surface area contributed by atoms with E-state index in [0.29, 0.717) is 13.1 Å². The Morgan fingerprint density at radius 1 is 1.55 bits per heavy atom. The monoisotopic (exact) mass is 278 g/mol. The molecule has 2 rings (SSSR count). The molecule has 0 fully saturated rings. The lowest BCUT2D eigenvalue weighted by atomic mass is 10.1. The number of halogens is 1. The van der Waals surface area contributed by atoms with Gasteiger partial charge in [0.25, 0.3) is 0 Å². The van der Waals surface area contributed by atoms with E-state index in [4.69, 9.17) is 10.8 Å². The molecule has 0 saturated carbocycles. The number of carboxylic acids is 1. The Labute approximate surface area is 115 Å². The molecule has 0 aliphatic rings. The molecule has 0 aliphatic heterocycles. The van der Waals surface area contributed by atoms with Crippen molar-refractivity contribution in [1.29, 1.82) is 0 Å². The third-order valence-corrected chi connectivity index (χ3v) is 2.79. The number of nitrogens with two attached hydrogens (primary N) is 1. The molecule has 1 aromatic carbocycles. The fourth-order valence-corrected chi connectivity index (χ4v) is 1.80. The molecule has 0 amide bonds. The molecule has 0 aliphatic carbocycles. The highest BCUT2D eigenvalue weighted by atomic mass is 19.1. The third kappa shape index (κ3) is 3.05. The Balaban J connectivity index is 2.05. The molecular formula is C13H15FN4O2. The van der Waals surface area contributed by atoms with E-state index >= 15 is 0 Å². The van der Waals surface area contributed by atoms with E-state index in [1.165, 1.54) is 6.07 Å². The highest BCUT2D eigenvalue weighted by Crippen LogP contribution is 2.22. The highest BCUT2D eigenvalue weighted by Gasteiger charge is 2.12. The first-order chi connectivity index (χ1) is 9.47. The lowest BCUT2D eigenvalue weighted by Crippen LogP contribution is -2.13. The Bertz CT molecular complexity index is 639. The topological polar surface area (TPSA) is 93.2 Å². The summed E-state index contributed by atoms with van der Waals surface area (Å²) in [4.78, 5) is 10.9. The van der Waals surface area contributed by atoms with Crippen LogP contribution in [0.2, 0.25) is 0 Å². The van der Waals surface area contributed by atoms with E-state index in [9.17, 15) is 9.18 Å². The minimum absolute atomic E-state index is 0.0942. The van der Waals surface area contributed by atoms with Crippen LogP contribution < -0.4 is 11.1 Å². The number of nitrogens with zero attached hydrogens (tertiary/aromatic N) is 2. The van der Waals surface area contributed by atoms with Gasteiger partial charge in [0.1, 0.15) is 5.82 Å². The number of nitrogen functional groups attached to an aromatic ring is 1. The molecule has 0 bridgehead atoms. The minimum atomic E-state index is -1.19. The van der Waals surface area contributed by atoms with Crippen LogP contribution in [0.25, 0.3) is 0 Å². The summed E-state index contributed by atoms with van der Waals surface area (Å²) in [7, 11) is 0. The summed E-state index contributed by atoms with van der Waals surface area (Å²) in [6, 6.07) is 2.20. The summed E-state index contributed by atoms with van der Waals surface area (Å²) < 4.78 is 15.4. The first kappa shape index (κ1) is 13.9. The van der Waals surface area contributed by atoms with Gasteiger partial charge in [-0.3, -0.25) is 4.68 Å². The number of benzene rings is 1. The second kappa shape index (κ2) is 5.60. The van der Waals surface area contributed by atoms with E-state index in [0.717, 1.165) is 11.6 Å². The lowest BCUT2D eigenvalue weighted by Gasteiger charge is -2.10. The number of carbonyl (C=O) groups is 1. The molecular weight excluding hydrogens is 263 g/mol. The van der Waals surface area contributed by atoms with Crippen molar-refractivity contribution in [2.75, 3.05) is 17.6 Å². The maximum atomic E-state index is 13.7. The van der Waals surface area contributed by atoms with Crippen molar-refractivity contribution in [3.63, 3.8) is 0 Å². The van der Waals surface area contributed by atoms with Gasteiger partial charge in [0.15, 0.2) is 0 Å². The number of hydrogen-bond donors (Lipinski definition) is 3. The molecule has 2 aromatic rings. The number of rotatable bonds is 5. The maximum Gasteiger partial charge on any atom is 0.337 e. The number of hydrogen-bond acceptors (Lipinski definition) is 4. The minimum Gasteiger partial charge on any atom is -0.478 e. The summed E-state index contributed by atoms with van der Waals surface area (Å²) in [6.07, 6.45) is 3.59. The number of nitrogens with one attached hydrogen (secondary N) is 1. The van der Waals surface area contributed by atoms with E-state index in [-0.39, 0.29) is 16.9 Å². The van der Waals surface area contributed by atoms with Crippen molar-refractivity contribution in [3.8, 4) is 0 Å².